The van der Waals surface area contributed by atoms with E-state index in [0.717, 1.165) is 16.3 Å². The molecule has 158 valence electrons. The second kappa shape index (κ2) is 9.76. The molecule has 4 aromatic rings. The van der Waals surface area contributed by atoms with Crippen LogP contribution in [0.15, 0.2) is 84.9 Å². The van der Waals surface area contributed by atoms with Gasteiger partial charge in [0.05, 0.1) is 12.0 Å². The normalized spacial score (nSPS) is 12.8. The van der Waals surface area contributed by atoms with Gasteiger partial charge in [0.1, 0.15) is 0 Å². The van der Waals surface area contributed by atoms with E-state index in [9.17, 15) is 10.1 Å². The lowest BCUT2D eigenvalue weighted by molar-refractivity contribution is 0.0972. The van der Waals surface area contributed by atoms with Crippen molar-refractivity contribution < 1.29 is 4.79 Å². The lowest BCUT2D eigenvalue weighted by Crippen LogP contribution is -2.16. The Labute approximate surface area is 202 Å². The highest BCUT2D eigenvalue weighted by atomic mass is 35.5. The van der Waals surface area contributed by atoms with Crippen LogP contribution in [0, 0.1) is 11.3 Å². The first-order valence-corrected chi connectivity index (χ1v) is 11.2. The molecule has 0 aliphatic rings. The fourth-order valence-electron chi connectivity index (χ4n) is 3.98. The number of rotatable bonds is 6. The molecule has 5 heteroatoms. The summed E-state index contributed by atoms with van der Waals surface area (Å²) in [4.78, 5) is 13.4. The highest BCUT2D eigenvalue weighted by molar-refractivity contribution is 6.36. The molecule has 0 bridgehead atoms. The van der Waals surface area contributed by atoms with Crippen LogP contribution in [-0.2, 0) is 0 Å². The topological polar surface area (TPSA) is 40.9 Å². The summed E-state index contributed by atoms with van der Waals surface area (Å²) in [6.07, 6.45) is 0.125. The minimum atomic E-state index is -0.707. The summed E-state index contributed by atoms with van der Waals surface area (Å²) >= 11 is 19.0. The van der Waals surface area contributed by atoms with Gasteiger partial charge in [-0.3, -0.25) is 4.79 Å². The van der Waals surface area contributed by atoms with Gasteiger partial charge in [-0.15, -0.1) is 0 Å². The third kappa shape index (κ3) is 4.66. The molecule has 0 saturated heterocycles. The van der Waals surface area contributed by atoms with Crippen molar-refractivity contribution in [3.05, 3.63) is 117 Å². The molecule has 0 spiro atoms. The van der Waals surface area contributed by atoms with Crippen molar-refractivity contribution in [3.63, 3.8) is 0 Å². The summed E-state index contributed by atoms with van der Waals surface area (Å²) in [6, 6.07) is 28.2. The monoisotopic (exact) mass is 477 g/mol. The predicted molar refractivity (Wildman–Crippen MR) is 132 cm³/mol. The van der Waals surface area contributed by atoms with Crippen molar-refractivity contribution in [2.75, 3.05) is 0 Å². The highest BCUT2D eigenvalue weighted by Crippen LogP contribution is 2.42. The zero-order valence-electron chi connectivity index (χ0n) is 16.9. The van der Waals surface area contributed by atoms with Gasteiger partial charge in [-0.1, -0.05) is 89.4 Å². The van der Waals surface area contributed by atoms with Crippen LogP contribution in [-0.4, -0.2) is 5.78 Å². The van der Waals surface area contributed by atoms with Crippen molar-refractivity contribution >= 4 is 51.4 Å². The van der Waals surface area contributed by atoms with E-state index in [2.05, 4.69) is 6.07 Å². The van der Waals surface area contributed by atoms with Gasteiger partial charge >= 0.3 is 0 Å². The van der Waals surface area contributed by atoms with Crippen LogP contribution in [0.4, 0.5) is 0 Å². The van der Waals surface area contributed by atoms with Gasteiger partial charge in [0.25, 0.3) is 0 Å². The third-order valence-corrected chi connectivity index (χ3v) is 6.54. The Morgan fingerprint density at radius 2 is 1.47 bits per heavy atom. The van der Waals surface area contributed by atoms with Crippen LogP contribution in [0.3, 0.4) is 0 Å². The molecular formula is C27H18Cl3NO. The second-order valence-corrected chi connectivity index (χ2v) is 8.84. The maximum Gasteiger partial charge on any atom is 0.163 e. The number of benzene rings is 4. The quantitative estimate of drug-likeness (QED) is 0.261. The first-order valence-electron chi connectivity index (χ1n) is 10.1. The molecule has 0 radical (unpaired) electrons. The average molecular weight is 479 g/mol. The van der Waals surface area contributed by atoms with Gasteiger partial charge in [0, 0.05) is 38.5 Å². The van der Waals surface area contributed by atoms with E-state index in [1.165, 1.54) is 0 Å². The van der Waals surface area contributed by atoms with Gasteiger partial charge in [-0.05, 0) is 46.7 Å². The van der Waals surface area contributed by atoms with Gasteiger partial charge < -0.3 is 0 Å². The van der Waals surface area contributed by atoms with Gasteiger partial charge in [-0.25, -0.2) is 0 Å². The number of fused-ring (bicyclic) bond motifs is 1. The van der Waals surface area contributed by atoms with E-state index < -0.39 is 11.8 Å². The Balaban J connectivity index is 1.76. The molecule has 2 atom stereocenters. The van der Waals surface area contributed by atoms with Crippen LogP contribution < -0.4 is 0 Å². The van der Waals surface area contributed by atoms with Crippen molar-refractivity contribution in [3.8, 4) is 6.07 Å². The summed E-state index contributed by atoms with van der Waals surface area (Å²) in [5.74, 6) is -1.21. The van der Waals surface area contributed by atoms with Crippen LogP contribution in [0.2, 0.25) is 15.1 Å². The molecular weight excluding hydrogens is 461 g/mol. The lowest BCUT2D eigenvalue weighted by atomic mass is 9.78. The summed E-state index contributed by atoms with van der Waals surface area (Å²) in [7, 11) is 0. The molecule has 0 aliphatic heterocycles. The van der Waals surface area contributed by atoms with E-state index in [0.29, 0.717) is 26.2 Å². The Morgan fingerprint density at radius 1 is 0.812 bits per heavy atom. The van der Waals surface area contributed by atoms with Crippen LogP contribution >= 0.6 is 34.8 Å². The molecule has 2 nitrogen and oxygen atoms in total. The molecule has 0 fully saturated rings. The van der Waals surface area contributed by atoms with Crippen LogP contribution in [0.1, 0.15) is 39.7 Å². The second-order valence-electron chi connectivity index (χ2n) is 7.59. The summed E-state index contributed by atoms with van der Waals surface area (Å²) in [5.41, 5.74) is 1.96. The molecule has 0 amide bonds. The number of carbonyl (C=O) groups excluding carboxylic acids is 1. The molecule has 0 N–H and O–H groups in total. The largest absolute Gasteiger partial charge is 0.294 e. The number of ketones is 1. The number of hydrogen-bond donors (Lipinski definition) is 0. The SMILES string of the molecule is N#C[C@@H](c1c(Cl)cccc1Cl)[C@H](CC(=O)c1ccc2ccccc2c1)c1ccc(Cl)cc1. The highest BCUT2D eigenvalue weighted by Gasteiger charge is 2.30. The van der Waals surface area contributed by atoms with E-state index in [1.54, 1.807) is 30.3 Å². The van der Waals surface area contributed by atoms with E-state index in [4.69, 9.17) is 34.8 Å². The first-order chi connectivity index (χ1) is 15.5. The zero-order valence-corrected chi connectivity index (χ0v) is 19.2. The van der Waals surface area contributed by atoms with Gasteiger partial charge in [-0.2, -0.15) is 5.26 Å². The van der Waals surface area contributed by atoms with Crippen LogP contribution in [0.25, 0.3) is 10.8 Å². The Hall–Kier alpha value is -2.83. The number of nitriles is 1. The van der Waals surface area contributed by atoms with Crippen molar-refractivity contribution in [1.82, 2.24) is 0 Å². The Bertz CT molecular complexity index is 1300. The number of nitrogens with zero attached hydrogens (tertiary/aromatic N) is 1. The van der Waals surface area contributed by atoms with E-state index in [1.807, 2.05) is 54.6 Å². The molecule has 0 unspecified atom stereocenters. The molecule has 4 aromatic carbocycles. The minimum Gasteiger partial charge on any atom is -0.294 e. The third-order valence-electron chi connectivity index (χ3n) is 5.63. The lowest BCUT2D eigenvalue weighted by Gasteiger charge is -2.24. The minimum absolute atomic E-state index is 0.0564. The van der Waals surface area contributed by atoms with Crippen molar-refractivity contribution in [1.29, 1.82) is 5.26 Å². The Kier molecular flexibility index (Phi) is 6.82. The van der Waals surface area contributed by atoms with Gasteiger partial charge in [0.15, 0.2) is 5.78 Å². The predicted octanol–water partition coefficient (Wildman–Crippen LogP) is 8.46. The summed E-state index contributed by atoms with van der Waals surface area (Å²) in [6.45, 7) is 0. The molecule has 0 saturated carbocycles. The fraction of sp³-hybridized carbons (Fsp3) is 0.111. The summed E-state index contributed by atoms with van der Waals surface area (Å²) < 4.78 is 0. The zero-order chi connectivity index (χ0) is 22.7. The number of Topliss-reactive ketones (excluding diaryl/α,β-unsaturated/α-hetero) is 1. The smallest absolute Gasteiger partial charge is 0.163 e. The molecule has 0 aliphatic carbocycles. The van der Waals surface area contributed by atoms with Gasteiger partial charge in [0.2, 0.25) is 0 Å². The summed E-state index contributed by atoms with van der Waals surface area (Å²) in [5, 5.41) is 13.6. The standard InChI is InChI=1S/C27H18Cl3NO/c28-21-12-10-18(11-13-21)22(23(16-31)27-24(29)6-3-7-25(27)30)15-26(32)20-9-8-17-4-1-2-5-19(17)14-20/h1-14,22-23H,15H2/t22-,23-/m1/s1. The van der Waals surface area contributed by atoms with Crippen molar-refractivity contribution in [2.45, 2.75) is 18.3 Å². The maximum atomic E-state index is 13.4. The molecule has 32 heavy (non-hydrogen) atoms. The Morgan fingerprint density at radius 3 is 2.12 bits per heavy atom. The number of carbonyl (C=O) groups is 1. The van der Waals surface area contributed by atoms with Crippen LogP contribution in [0.5, 0.6) is 0 Å². The molecule has 0 aromatic heterocycles. The van der Waals surface area contributed by atoms with E-state index >= 15 is 0 Å². The number of halogens is 3. The van der Waals surface area contributed by atoms with Crippen molar-refractivity contribution in [2.24, 2.45) is 0 Å². The first kappa shape index (κ1) is 22.4. The average Bonchev–Trinajstić information content (AvgIpc) is 2.80. The molecule has 4 rings (SSSR count). The number of hydrogen-bond acceptors (Lipinski definition) is 2. The van der Waals surface area contributed by atoms with E-state index in [-0.39, 0.29) is 12.2 Å². The maximum absolute atomic E-state index is 13.4. The fourth-order valence-corrected chi connectivity index (χ4v) is 4.74. The molecule has 0 heterocycles.